The number of benzene rings is 1. The Bertz CT molecular complexity index is 417. The summed E-state index contributed by atoms with van der Waals surface area (Å²) in [6.07, 6.45) is 11.0. The van der Waals surface area contributed by atoms with Crippen molar-refractivity contribution in [2.75, 3.05) is 6.54 Å². The van der Waals surface area contributed by atoms with E-state index in [0.717, 1.165) is 0 Å². The van der Waals surface area contributed by atoms with Crippen molar-refractivity contribution in [3.63, 3.8) is 0 Å². The first kappa shape index (κ1) is 13.2. The first-order valence-electron chi connectivity index (χ1n) is 8.08. The van der Waals surface area contributed by atoms with Crippen molar-refractivity contribution >= 4 is 0 Å². The van der Waals surface area contributed by atoms with Crippen LogP contribution in [0.3, 0.4) is 0 Å². The highest BCUT2D eigenvalue weighted by atomic mass is 14.9. The van der Waals surface area contributed by atoms with Gasteiger partial charge in [-0.05, 0) is 48.6 Å². The van der Waals surface area contributed by atoms with Gasteiger partial charge in [0.2, 0.25) is 0 Å². The van der Waals surface area contributed by atoms with Crippen LogP contribution >= 0.6 is 0 Å². The first-order valence-corrected chi connectivity index (χ1v) is 8.08. The second-order valence-corrected chi connectivity index (χ2v) is 6.90. The summed E-state index contributed by atoms with van der Waals surface area (Å²) >= 11 is 0. The first-order chi connectivity index (χ1) is 9.27. The molecule has 0 aromatic heterocycles. The van der Waals surface area contributed by atoms with Crippen LogP contribution in [0.25, 0.3) is 0 Å². The molecule has 1 atom stereocenters. The second kappa shape index (κ2) is 5.66. The van der Waals surface area contributed by atoms with Crippen molar-refractivity contribution in [1.82, 2.24) is 5.32 Å². The topological polar surface area (TPSA) is 12.0 Å². The molecule has 1 heteroatoms. The lowest BCUT2D eigenvalue weighted by molar-refractivity contribution is 0.197. The normalized spacial score (nSPS) is 25.8. The summed E-state index contributed by atoms with van der Waals surface area (Å²) < 4.78 is 0. The van der Waals surface area contributed by atoms with Crippen LogP contribution < -0.4 is 5.32 Å². The zero-order chi connectivity index (χ0) is 13.1. The van der Waals surface area contributed by atoms with Crippen LogP contribution in [-0.4, -0.2) is 6.54 Å². The maximum absolute atomic E-state index is 3.89. The third kappa shape index (κ3) is 3.02. The van der Waals surface area contributed by atoms with E-state index in [4.69, 9.17) is 0 Å². The molecule has 0 saturated heterocycles. The predicted molar refractivity (Wildman–Crippen MR) is 81.3 cm³/mol. The molecule has 0 heterocycles. The zero-order valence-corrected chi connectivity index (χ0v) is 12.3. The van der Waals surface area contributed by atoms with Crippen molar-refractivity contribution in [3.8, 4) is 0 Å². The monoisotopic (exact) mass is 257 g/mol. The molecule has 104 valence electrons. The fraction of sp³-hybridized carbons (Fsp3) is 0.667. The molecule has 0 spiro atoms. The van der Waals surface area contributed by atoms with Crippen LogP contribution in [0.2, 0.25) is 0 Å². The summed E-state index contributed by atoms with van der Waals surface area (Å²) in [4.78, 5) is 0. The predicted octanol–water partition coefficient (Wildman–Crippen LogP) is 4.62. The lowest BCUT2D eigenvalue weighted by atomic mass is 9.75. The van der Waals surface area contributed by atoms with Gasteiger partial charge in [0.25, 0.3) is 0 Å². The van der Waals surface area contributed by atoms with E-state index in [1.165, 1.54) is 57.9 Å². The Morgan fingerprint density at radius 3 is 2.74 bits per heavy atom. The molecule has 1 N–H and O–H groups in total. The van der Waals surface area contributed by atoms with E-state index in [9.17, 15) is 0 Å². The van der Waals surface area contributed by atoms with E-state index in [0.29, 0.717) is 11.5 Å². The SMILES string of the molecule is CC1(CNC2CCCc3ccccc32)CCCCC1. The smallest absolute Gasteiger partial charge is 0.0323 e. The molecule has 2 aliphatic carbocycles. The van der Waals surface area contributed by atoms with E-state index in [1.807, 2.05) is 0 Å². The molecule has 1 fully saturated rings. The summed E-state index contributed by atoms with van der Waals surface area (Å²) in [5.41, 5.74) is 3.68. The van der Waals surface area contributed by atoms with Crippen LogP contribution in [0.4, 0.5) is 0 Å². The summed E-state index contributed by atoms with van der Waals surface area (Å²) in [5.74, 6) is 0. The number of rotatable bonds is 3. The Balaban J connectivity index is 1.64. The molecule has 0 radical (unpaired) electrons. The number of nitrogens with one attached hydrogen (secondary N) is 1. The Morgan fingerprint density at radius 2 is 1.89 bits per heavy atom. The minimum Gasteiger partial charge on any atom is -0.309 e. The van der Waals surface area contributed by atoms with Gasteiger partial charge in [-0.3, -0.25) is 0 Å². The molecule has 1 nitrogen and oxygen atoms in total. The average Bonchev–Trinajstić information content (AvgIpc) is 2.46. The van der Waals surface area contributed by atoms with Crippen molar-refractivity contribution < 1.29 is 0 Å². The number of hydrogen-bond donors (Lipinski definition) is 1. The van der Waals surface area contributed by atoms with E-state index in [-0.39, 0.29) is 0 Å². The lowest BCUT2D eigenvalue weighted by Gasteiger charge is -2.36. The molecular weight excluding hydrogens is 230 g/mol. The molecule has 3 rings (SSSR count). The van der Waals surface area contributed by atoms with Crippen molar-refractivity contribution in [2.45, 2.75) is 64.3 Å². The quantitative estimate of drug-likeness (QED) is 0.833. The molecule has 1 aromatic rings. The highest BCUT2D eigenvalue weighted by molar-refractivity contribution is 5.32. The number of aryl methyl sites for hydroxylation is 1. The van der Waals surface area contributed by atoms with E-state index < -0.39 is 0 Å². The van der Waals surface area contributed by atoms with Gasteiger partial charge in [-0.15, -0.1) is 0 Å². The summed E-state index contributed by atoms with van der Waals surface area (Å²) in [6, 6.07) is 9.62. The second-order valence-electron chi connectivity index (χ2n) is 6.90. The van der Waals surface area contributed by atoms with Gasteiger partial charge in [-0.2, -0.15) is 0 Å². The van der Waals surface area contributed by atoms with Gasteiger partial charge in [-0.1, -0.05) is 50.5 Å². The Morgan fingerprint density at radius 1 is 1.11 bits per heavy atom. The van der Waals surface area contributed by atoms with Crippen molar-refractivity contribution in [2.24, 2.45) is 5.41 Å². The van der Waals surface area contributed by atoms with E-state index in [2.05, 4.69) is 36.5 Å². The lowest BCUT2D eigenvalue weighted by Crippen LogP contribution is -2.36. The average molecular weight is 257 g/mol. The van der Waals surface area contributed by atoms with Crippen LogP contribution in [0, 0.1) is 5.41 Å². The Labute approximate surface area is 117 Å². The minimum atomic E-state index is 0.546. The van der Waals surface area contributed by atoms with Crippen LogP contribution in [0.1, 0.15) is 69.0 Å². The third-order valence-electron chi connectivity index (χ3n) is 5.21. The summed E-state index contributed by atoms with van der Waals surface area (Å²) in [7, 11) is 0. The van der Waals surface area contributed by atoms with Gasteiger partial charge in [0, 0.05) is 12.6 Å². The standard InChI is InChI=1S/C18H27N/c1-18(12-5-2-6-13-18)14-19-17-11-7-9-15-8-3-4-10-16(15)17/h3-4,8,10,17,19H,2,5-7,9,11-14H2,1H3. The molecule has 2 aliphatic rings. The van der Waals surface area contributed by atoms with Crippen LogP contribution in [0.15, 0.2) is 24.3 Å². The highest BCUT2D eigenvalue weighted by Gasteiger charge is 2.28. The number of fused-ring (bicyclic) bond motifs is 1. The third-order valence-corrected chi connectivity index (χ3v) is 5.21. The molecule has 0 bridgehead atoms. The van der Waals surface area contributed by atoms with Crippen molar-refractivity contribution in [3.05, 3.63) is 35.4 Å². The highest BCUT2D eigenvalue weighted by Crippen LogP contribution is 2.36. The van der Waals surface area contributed by atoms with Gasteiger partial charge >= 0.3 is 0 Å². The molecule has 19 heavy (non-hydrogen) atoms. The molecule has 0 aliphatic heterocycles. The van der Waals surface area contributed by atoms with E-state index in [1.54, 1.807) is 11.1 Å². The van der Waals surface area contributed by atoms with Gasteiger partial charge in [0.05, 0.1) is 0 Å². The van der Waals surface area contributed by atoms with Crippen LogP contribution in [-0.2, 0) is 6.42 Å². The van der Waals surface area contributed by atoms with Crippen LogP contribution in [0.5, 0.6) is 0 Å². The number of hydrogen-bond acceptors (Lipinski definition) is 1. The largest absolute Gasteiger partial charge is 0.309 e. The Kier molecular flexibility index (Phi) is 3.93. The fourth-order valence-electron chi connectivity index (χ4n) is 3.92. The molecule has 1 unspecified atom stereocenters. The maximum Gasteiger partial charge on any atom is 0.0323 e. The molecule has 1 saturated carbocycles. The van der Waals surface area contributed by atoms with E-state index >= 15 is 0 Å². The molecular formula is C18H27N. The van der Waals surface area contributed by atoms with Gasteiger partial charge in [0.15, 0.2) is 0 Å². The van der Waals surface area contributed by atoms with Gasteiger partial charge in [-0.25, -0.2) is 0 Å². The summed E-state index contributed by atoms with van der Waals surface area (Å²) in [6.45, 7) is 3.68. The fourth-order valence-corrected chi connectivity index (χ4v) is 3.92. The maximum atomic E-state index is 3.89. The Hall–Kier alpha value is -0.820. The minimum absolute atomic E-state index is 0.546. The zero-order valence-electron chi connectivity index (χ0n) is 12.3. The van der Waals surface area contributed by atoms with Gasteiger partial charge in [0.1, 0.15) is 0 Å². The summed E-state index contributed by atoms with van der Waals surface area (Å²) in [5, 5.41) is 3.89. The van der Waals surface area contributed by atoms with Crippen molar-refractivity contribution in [1.29, 1.82) is 0 Å². The molecule has 0 amide bonds. The molecule has 1 aromatic carbocycles. The van der Waals surface area contributed by atoms with Gasteiger partial charge < -0.3 is 5.32 Å².